The first-order valence-electron chi connectivity index (χ1n) is 14.0. The monoisotopic (exact) mass is 569 g/mol. The van der Waals surface area contributed by atoms with Gasteiger partial charge in [-0.1, -0.05) is 55.0 Å². The second-order valence-electron chi connectivity index (χ2n) is 10.6. The number of piperidine rings is 1. The zero-order valence-corrected chi connectivity index (χ0v) is 23.3. The lowest BCUT2D eigenvalue weighted by molar-refractivity contribution is -0.141. The van der Waals surface area contributed by atoms with Crippen LogP contribution in [0.2, 0.25) is 0 Å². The minimum atomic E-state index is -4.49. The molecule has 2 amide bonds. The van der Waals surface area contributed by atoms with Gasteiger partial charge < -0.3 is 26.6 Å². The second-order valence-corrected chi connectivity index (χ2v) is 10.6. The van der Waals surface area contributed by atoms with Crippen LogP contribution in [-0.4, -0.2) is 62.2 Å². The maximum Gasteiger partial charge on any atom is 0.405 e. The van der Waals surface area contributed by atoms with Crippen molar-refractivity contribution in [3.63, 3.8) is 0 Å². The Labute approximate surface area is 239 Å². The van der Waals surface area contributed by atoms with Crippen LogP contribution in [0.25, 0.3) is 11.1 Å². The number of carbonyl (C=O) groups excluding carboxylic acids is 2. The Morgan fingerprint density at radius 2 is 1.63 bits per heavy atom. The van der Waals surface area contributed by atoms with Gasteiger partial charge in [-0.05, 0) is 72.8 Å². The molecule has 5 N–H and O–H groups in total. The van der Waals surface area contributed by atoms with E-state index in [0.717, 1.165) is 61.2 Å². The Bertz CT molecular complexity index is 1240. The fourth-order valence-corrected chi connectivity index (χ4v) is 6.00. The Morgan fingerprint density at radius 3 is 2.20 bits per heavy atom. The molecule has 10 heteroatoms. The highest BCUT2D eigenvalue weighted by atomic mass is 19.4. The van der Waals surface area contributed by atoms with Gasteiger partial charge in [0.05, 0.1) is 5.70 Å². The highest BCUT2D eigenvalue weighted by molar-refractivity contribution is 6.00. The van der Waals surface area contributed by atoms with Crippen LogP contribution < -0.4 is 21.7 Å². The smallest absolute Gasteiger partial charge is 0.405 e. The van der Waals surface area contributed by atoms with Gasteiger partial charge in [-0.15, -0.1) is 0 Å². The van der Waals surface area contributed by atoms with Gasteiger partial charge in [0, 0.05) is 26.2 Å². The summed E-state index contributed by atoms with van der Waals surface area (Å²) < 4.78 is 39.2. The summed E-state index contributed by atoms with van der Waals surface area (Å²) in [5, 5.41) is 8.14. The standard InChI is InChI=1S/C31H38F3N5O2/c1-36-27(13-8-17-35)28(40)38-22-14-19-39(20-15-22)18-7-6-16-30(29(41)37-21-31(32,33)34)25-11-4-2-9-23(25)24-10-3-5-12-26(24)30/h2-5,8-13,17,22,36H,6-7,14-16,18-21,35H2,1H3,(H,37,41)(H,38,40)/b17-8-,27-13-. The average molecular weight is 570 g/mol. The van der Waals surface area contributed by atoms with Gasteiger partial charge in [-0.3, -0.25) is 9.59 Å². The molecule has 2 aliphatic rings. The molecule has 0 aromatic heterocycles. The van der Waals surface area contributed by atoms with Crippen LogP contribution in [0.15, 0.2) is 72.6 Å². The molecule has 1 heterocycles. The number of likely N-dealkylation sites (N-methyl/N-ethyl adjacent to an activating group) is 1. The predicted molar refractivity (Wildman–Crippen MR) is 154 cm³/mol. The molecule has 41 heavy (non-hydrogen) atoms. The van der Waals surface area contributed by atoms with E-state index in [1.807, 2.05) is 48.5 Å². The molecule has 0 saturated carbocycles. The number of nitrogens with one attached hydrogen (secondary N) is 3. The number of nitrogens with two attached hydrogens (primary N) is 1. The maximum absolute atomic E-state index is 13.6. The average Bonchev–Trinajstić information content (AvgIpc) is 3.25. The minimum Gasteiger partial charge on any atom is -0.405 e. The van der Waals surface area contributed by atoms with Gasteiger partial charge in [0.2, 0.25) is 5.91 Å². The summed E-state index contributed by atoms with van der Waals surface area (Å²) in [6.45, 7) is 1.11. The molecule has 0 unspecified atom stereocenters. The Balaban J connectivity index is 1.38. The molecule has 220 valence electrons. The van der Waals surface area contributed by atoms with E-state index >= 15 is 0 Å². The quantitative estimate of drug-likeness (QED) is 0.187. The number of hydrogen-bond donors (Lipinski definition) is 4. The molecule has 1 saturated heterocycles. The fourth-order valence-electron chi connectivity index (χ4n) is 6.00. The molecule has 0 radical (unpaired) electrons. The van der Waals surface area contributed by atoms with Gasteiger partial charge in [0.25, 0.3) is 5.91 Å². The first-order chi connectivity index (χ1) is 19.7. The highest BCUT2D eigenvalue weighted by Gasteiger charge is 2.49. The Kier molecular flexibility index (Phi) is 9.75. The van der Waals surface area contributed by atoms with Crippen molar-refractivity contribution in [2.45, 2.75) is 49.7 Å². The molecule has 1 fully saturated rings. The van der Waals surface area contributed by atoms with Crippen molar-refractivity contribution in [3.05, 3.63) is 83.7 Å². The summed E-state index contributed by atoms with van der Waals surface area (Å²) in [7, 11) is 1.69. The SMILES string of the molecule is CN/C(=C\C=C/N)C(=O)NC1CCN(CCCCC2(C(=O)NCC(F)(F)F)c3ccccc3-c3ccccc32)CC1. The molecule has 7 nitrogen and oxygen atoms in total. The second kappa shape index (κ2) is 13.2. The summed E-state index contributed by atoms with van der Waals surface area (Å²) >= 11 is 0. The third-order valence-electron chi connectivity index (χ3n) is 7.99. The van der Waals surface area contributed by atoms with Crippen molar-refractivity contribution in [2.24, 2.45) is 5.73 Å². The molecule has 4 rings (SSSR count). The van der Waals surface area contributed by atoms with Crippen molar-refractivity contribution < 1.29 is 22.8 Å². The summed E-state index contributed by atoms with van der Waals surface area (Å²) in [6.07, 6.45) is 3.62. The Hall–Kier alpha value is -3.79. The van der Waals surface area contributed by atoms with E-state index in [9.17, 15) is 22.8 Å². The van der Waals surface area contributed by atoms with Gasteiger partial charge >= 0.3 is 6.18 Å². The van der Waals surface area contributed by atoms with E-state index < -0.39 is 24.0 Å². The van der Waals surface area contributed by atoms with Crippen LogP contribution in [0.4, 0.5) is 13.2 Å². The van der Waals surface area contributed by atoms with E-state index in [1.54, 1.807) is 19.2 Å². The van der Waals surface area contributed by atoms with Crippen LogP contribution in [0.5, 0.6) is 0 Å². The molecule has 1 aliphatic carbocycles. The number of allylic oxidation sites excluding steroid dienone is 2. The normalized spacial score (nSPS) is 17.2. The van der Waals surface area contributed by atoms with Crippen LogP contribution in [0, 0.1) is 0 Å². The van der Waals surface area contributed by atoms with Crippen molar-refractivity contribution in [1.29, 1.82) is 0 Å². The first kappa shape index (κ1) is 30.2. The van der Waals surface area contributed by atoms with E-state index in [0.29, 0.717) is 18.5 Å². The number of nitrogens with zero attached hydrogens (tertiary/aromatic N) is 1. The molecular weight excluding hydrogens is 531 g/mol. The van der Waals surface area contributed by atoms with Crippen molar-refractivity contribution >= 4 is 11.8 Å². The number of unbranched alkanes of at least 4 members (excludes halogenated alkanes) is 1. The molecule has 2 aromatic rings. The van der Waals surface area contributed by atoms with E-state index in [1.165, 1.54) is 6.20 Å². The first-order valence-corrected chi connectivity index (χ1v) is 14.0. The lowest BCUT2D eigenvalue weighted by Gasteiger charge is -2.33. The molecule has 0 bridgehead atoms. The number of benzene rings is 2. The lowest BCUT2D eigenvalue weighted by Crippen LogP contribution is -2.47. The number of alkyl halides is 3. The number of halogens is 3. The number of rotatable bonds is 11. The molecule has 2 aromatic carbocycles. The van der Waals surface area contributed by atoms with Gasteiger partial charge in [-0.25, -0.2) is 0 Å². The van der Waals surface area contributed by atoms with E-state index in [2.05, 4.69) is 20.9 Å². The summed E-state index contributed by atoms with van der Waals surface area (Å²) in [5.74, 6) is -0.781. The molecule has 0 spiro atoms. The van der Waals surface area contributed by atoms with Crippen LogP contribution in [-0.2, 0) is 15.0 Å². The number of amides is 2. The number of likely N-dealkylation sites (tertiary alicyclic amines) is 1. The van der Waals surface area contributed by atoms with Crippen molar-refractivity contribution in [3.8, 4) is 11.1 Å². The van der Waals surface area contributed by atoms with E-state index in [-0.39, 0.29) is 11.9 Å². The third-order valence-corrected chi connectivity index (χ3v) is 7.99. The highest BCUT2D eigenvalue weighted by Crippen LogP contribution is 2.51. The van der Waals surface area contributed by atoms with Crippen molar-refractivity contribution in [1.82, 2.24) is 20.9 Å². The van der Waals surface area contributed by atoms with Crippen LogP contribution in [0.3, 0.4) is 0 Å². The van der Waals surface area contributed by atoms with Gasteiger partial charge in [0.1, 0.15) is 12.0 Å². The number of hydrogen-bond acceptors (Lipinski definition) is 5. The predicted octanol–water partition coefficient (Wildman–Crippen LogP) is 3.96. The zero-order chi connectivity index (χ0) is 29.5. The number of carbonyl (C=O) groups is 2. The largest absolute Gasteiger partial charge is 0.405 e. The summed E-state index contributed by atoms with van der Waals surface area (Å²) in [4.78, 5) is 28.5. The lowest BCUT2D eigenvalue weighted by atomic mass is 9.73. The zero-order valence-electron chi connectivity index (χ0n) is 23.3. The van der Waals surface area contributed by atoms with Gasteiger partial charge in [0.15, 0.2) is 0 Å². The van der Waals surface area contributed by atoms with Crippen LogP contribution in [0.1, 0.15) is 43.2 Å². The molecule has 1 aliphatic heterocycles. The summed E-state index contributed by atoms with van der Waals surface area (Å²) in [5.41, 5.74) is 7.93. The maximum atomic E-state index is 13.6. The van der Waals surface area contributed by atoms with Gasteiger partial charge in [-0.2, -0.15) is 13.2 Å². The Morgan fingerprint density at radius 1 is 1.02 bits per heavy atom. The third kappa shape index (κ3) is 6.93. The fraction of sp³-hybridized carbons (Fsp3) is 0.419. The topological polar surface area (TPSA) is 99.5 Å². The van der Waals surface area contributed by atoms with E-state index in [4.69, 9.17) is 5.73 Å². The number of fused-ring (bicyclic) bond motifs is 3. The molecule has 0 atom stereocenters. The van der Waals surface area contributed by atoms with Crippen LogP contribution >= 0.6 is 0 Å². The summed E-state index contributed by atoms with van der Waals surface area (Å²) in [6, 6.07) is 15.1. The molecular formula is C31H38F3N5O2. The minimum absolute atomic E-state index is 0.0736. The van der Waals surface area contributed by atoms with Crippen molar-refractivity contribution in [2.75, 3.05) is 33.2 Å².